The minimum atomic E-state index is 0.219. The fourth-order valence-electron chi connectivity index (χ4n) is 1.97. The van der Waals surface area contributed by atoms with Gasteiger partial charge < -0.3 is 11.1 Å². The normalized spacial score (nSPS) is 10.4. The number of rotatable bonds is 2. The predicted octanol–water partition coefficient (Wildman–Crippen LogP) is 3.20. The zero-order valence-electron chi connectivity index (χ0n) is 10.7. The Morgan fingerprint density at radius 3 is 2.90 bits per heavy atom. The molecule has 20 heavy (non-hydrogen) atoms. The van der Waals surface area contributed by atoms with Gasteiger partial charge in [0.25, 0.3) is 0 Å². The number of hydrogen-bond donors (Lipinski definition) is 2. The number of nitrogens with two attached hydrogens (primary N) is 1. The number of nitrogens with one attached hydrogen (secondary N) is 1. The summed E-state index contributed by atoms with van der Waals surface area (Å²) in [7, 11) is 0. The van der Waals surface area contributed by atoms with Crippen LogP contribution in [0.1, 0.15) is 10.4 Å². The zero-order chi connectivity index (χ0) is 14.1. The number of hydrogen-bond acceptors (Lipinski definition) is 6. The fraction of sp³-hybridized carbons (Fsp3) is 0.0714. The second-order valence-electron chi connectivity index (χ2n) is 4.29. The Bertz CT molecular complexity index is 831. The van der Waals surface area contributed by atoms with Gasteiger partial charge in [0.15, 0.2) is 0 Å². The largest absolute Gasteiger partial charge is 0.368 e. The number of nitriles is 1. The lowest BCUT2D eigenvalue weighted by Gasteiger charge is -2.08. The monoisotopic (exact) mass is 281 g/mol. The van der Waals surface area contributed by atoms with E-state index in [0.717, 1.165) is 15.1 Å². The second-order valence-corrected chi connectivity index (χ2v) is 5.52. The molecular formula is C14H11N5S. The van der Waals surface area contributed by atoms with Crippen molar-refractivity contribution in [2.45, 2.75) is 6.92 Å². The molecule has 2 heterocycles. The van der Waals surface area contributed by atoms with E-state index in [1.54, 1.807) is 17.4 Å². The molecule has 0 spiro atoms. The molecule has 0 radical (unpaired) electrons. The molecule has 1 aromatic carbocycles. The van der Waals surface area contributed by atoms with Crippen LogP contribution in [0.15, 0.2) is 30.3 Å². The molecule has 0 fully saturated rings. The van der Waals surface area contributed by atoms with Gasteiger partial charge in [-0.3, -0.25) is 0 Å². The maximum Gasteiger partial charge on any atom is 0.223 e. The summed E-state index contributed by atoms with van der Waals surface area (Å²) in [5, 5.41) is 13.2. The Morgan fingerprint density at radius 1 is 1.30 bits per heavy atom. The SMILES string of the molecule is Cc1cc2c(Nc3ccccc3C#N)nc(N)nc2s1. The average molecular weight is 281 g/mol. The molecule has 0 bridgehead atoms. The summed E-state index contributed by atoms with van der Waals surface area (Å²) in [6, 6.07) is 11.4. The van der Waals surface area contributed by atoms with Gasteiger partial charge >= 0.3 is 0 Å². The first-order valence-corrected chi connectivity index (χ1v) is 6.79. The van der Waals surface area contributed by atoms with Crippen molar-refractivity contribution in [2.75, 3.05) is 11.1 Å². The molecule has 0 amide bonds. The molecule has 6 heteroatoms. The van der Waals surface area contributed by atoms with Gasteiger partial charge in [0, 0.05) is 4.88 Å². The first-order valence-electron chi connectivity index (χ1n) is 5.97. The lowest BCUT2D eigenvalue weighted by atomic mass is 10.2. The van der Waals surface area contributed by atoms with E-state index in [9.17, 15) is 0 Å². The lowest BCUT2D eigenvalue weighted by Crippen LogP contribution is -2.01. The Labute approximate surface area is 119 Å². The Hall–Kier alpha value is -2.65. The Kier molecular flexibility index (Phi) is 2.97. The van der Waals surface area contributed by atoms with Gasteiger partial charge in [0.05, 0.1) is 16.6 Å². The third-order valence-corrected chi connectivity index (χ3v) is 3.78. The molecule has 3 N–H and O–H groups in total. The topological polar surface area (TPSA) is 87.6 Å². The number of nitrogens with zero attached hydrogens (tertiary/aromatic N) is 3. The van der Waals surface area contributed by atoms with Crippen molar-refractivity contribution >= 4 is 39.0 Å². The van der Waals surface area contributed by atoms with Crippen LogP contribution in [0.4, 0.5) is 17.5 Å². The van der Waals surface area contributed by atoms with Gasteiger partial charge in [-0.05, 0) is 25.1 Å². The number of aromatic nitrogens is 2. The van der Waals surface area contributed by atoms with Gasteiger partial charge in [-0.25, -0.2) is 4.98 Å². The first-order chi connectivity index (χ1) is 9.67. The molecule has 0 atom stereocenters. The van der Waals surface area contributed by atoms with Gasteiger partial charge in [-0.15, -0.1) is 11.3 Å². The van der Waals surface area contributed by atoms with Crippen LogP contribution in [0.3, 0.4) is 0 Å². The van der Waals surface area contributed by atoms with Crippen molar-refractivity contribution in [3.05, 3.63) is 40.8 Å². The molecule has 0 aliphatic heterocycles. The van der Waals surface area contributed by atoms with E-state index in [1.165, 1.54) is 0 Å². The van der Waals surface area contributed by atoms with E-state index >= 15 is 0 Å². The van der Waals surface area contributed by atoms with E-state index < -0.39 is 0 Å². The molecule has 2 aromatic heterocycles. The quantitative estimate of drug-likeness (QED) is 0.753. The molecule has 98 valence electrons. The van der Waals surface area contributed by atoms with Gasteiger partial charge in [0.1, 0.15) is 16.7 Å². The maximum absolute atomic E-state index is 9.12. The van der Waals surface area contributed by atoms with Crippen LogP contribution < -0.4 is 11.1 Å². The molecule has 3 aromatic rings. The lowest BCUT2D eigenvalue weighted by molar-refractivity contribution is 1.24. The van der Waals surface area contributed by atoms with E-state index in [2.05, 4.69) is 21.4 Å². The number of anilines is 3. The summed E-state index contributed by atoms with van der Waals surface area (Å²) < 4.78 is 0. The number of para-hydroxylation sites is 1. The van der Waals surface area contributed by atoms with Crippen LogP contribution in [0.25, 0.3) is 10.2 Å². The van der Waals surface area contributed by atoms with Gasteiger partial charge in [0.2, 0.25) is 5.95 Å². The summed E-state index contributed by atoms with van der Waals surface area (Å²) in [6.45, 7) is 2.01. The minimum absolute atomic E-state index is 0.219. The van der Waals surface area contributed by atoms with E-state index in [0.29, 0.717) is 17.1 Å². The van der Waals surface area contributed by atoms with Crippen molar-refractivity contribution in [3.8, 4) is 6.07 Å². The van der Waals surface area contributed by atoms with Crippen molar-refractivity contribution in [3.63, 3.8) is 0 Å². The molecule has 3 rings (SSSR count). The molecule has 0 unspecified atom stereocenters. The van der Waals surface area contributed by atoms with E-state index in [-0.39, 0.29) is 5.95 Å². The van der Waals surface area contributed by atoms with Crippen molar-refractivity contribution < 1.29 is 0 Å². The predicted molar refractivity (Wildman–Crippen MR) is 81.0 cm³/mol. The Morgan fingerprint density at radius 2 is 2.10 bits per heavy atom. The maximum atomic E-state index is 9.12. The number of nitrogen functional groups attached to an aromatic ring is 1. The third-order valence-electron chi connectivity index (χ3n) is 2.83. The number of fused-ring (bicyclic) bond motifs is 1. The molecule has 5 nitrogen and oxygen atoms in total. The van der Waals surface area contributed by atoms with Gasteiger partial charge in [-0.2, -0.15) is 10.2 Å². The highest BCUT2D eigenvalue weighted by Crippen LogP contribution is 2.31. The highest BCUT2D eigenvalue weighted by molar-refractivity contribution is 7.18. The average Bonchev–Trinajstić information content (AvgIpc) is 2.79. The molecule has 0 aliphatic carbocycles. The van der Waals surface area contributed by atoms with Crippen LogP contribution in [0.2, 0.25) is 0 Å². The number of thiophene rings is 1. The van der Waals surface area contributed by atoms with Crippen LogP contribution in [0.5, 0.6) is 0 Å². The summed E-state index contributed by atoms with van der Waals surface area (Å²) >= 11 is 1.56. The Balaban J connectivity index is 2.13. The van der Waals surface area contributed by atoms with Crippen LogP contribution in [-0.2, 0) is 0 Å². The fourth-order valence-corrected chi connectivity index (χ4v) is 2.86. The highest BCUT2D eigenvalue weighted by Gasteiger charge is 2.11. The standard InChI is InChI=1S/C14H11N5S/c1-8-6-10-12(18-14(16)19-13(10)20-8)17-11-5-3-2-4-9(11)7-15/h2-6H,1H3,(H3,16,17,18,19). The number of aryl methyl sites for hydroxylation is 1. The molecule has 0 aliphatic rings. The summed E-state index contributed by atoms with van der Waals surface area (Å²) in [6.07, 6.45) is 0. The zero-order valence-corrected chi connectivity index (χ0v) is 11.5. The summed E-state index contributed by atoms with van der Waals surface area (Å²) in [4.78, 5) is 10.4. The van der Waals surface area contributed by atoms with Gasteiger partial charge in [-0.1, -0.05) is 12.1 Å². The smallest absolute Gasteiger partial charge is 0.223 e. The van der Waals surface area contributed by atoms with Crippen LogP contribution in [0, 0.1) is 18.3 Å². The minimum Gasteiger partial charge on any atom is -0.368 e. The van der Waals surface area contributed by atoms with Crippen LogP contribution >= 0.6 is 11.3 Å². The van der Waals surface area contributed by atoms with E-state index in [4.69, 9.17) is 11.0 Å². The molecule has 0 saturated heterocycles. The highest BCUT2D eigenvalue weighted by atomic mass is 32.1. The number of benzene rings is 1. The summed E-state index contributed by atoms with van der Waals surface area (Å²) in [5.74, 6) is 0.843. The summed E-state index contributed by atoms with van der Waals surface area (Å²) in [5.41, 5.74) is 7.00. The first kappa shape index (κ1) is 12.4. The van der Waals surface area contributed by atoms with Crippen molar-refractivity contribution in [1.82, 2.24) is 9.97 Å². The van der Waals surface area contributed by atoms with Crippen molar-refractivity contribution in [2.24, 2.45) is 0 Å². The third kappa shape index (κ3) is 2.15. The molecular weight excluding hydrogens is 270 g/mol. The van der Waals surface area contributed by atoms with E-state index in [1.807, 2.05) is 31.2 Å². The second kappa shape index (κ2) is 4.79. The van der Waals surface area contributed by atoms with Crippen molar-refractivity contribution in [1.29, 1.82) is 5.26 Å². The van der Waals surface area contributed by atoms with Crippen LogP contribution in [-0.4, -0.2) is 9.97 Å². The molecule has 0 saturated carbocycles.